The number of aliphatic hydroxyl groups is 1. The molecule has 1 aromatic rings. The highest BCUT2D eigenvalue weighted by molar-refractivity contribution is 5.64. The molecule has 6 heteroatoms. The lowest BCUT2D eigenvalue weighted by Crippen LogP contribution is -2.36. The standard InChI is InChI=1S/C18H29NO5/c1-18(2,3)16(20)9-11-19(17(21)22)10-8-13-6-7-14(23-4)15(12-13)24-5/h6-7,12,16,20H,8-11H2,1-5H3,(H,21,22). The van der Waals surface area contributed by atoms with Crippen molar-refractivity contribution in [3.05, 3.63) is 23.8 Å². The molecule has 0 aliphatic carbocycles. The Morgan fingerprint density at radius 2 is 1.79 bits per heavy atom. The molecular weight excluding hydrogens is 310 g/mol. The van der Waals surface area contributed by atoms with E-state index in [0.29, 0.717) is 37.4 Å². The summed E-state index contributed by atoms with van der Waals surface area (Å²) in [5.41, 5.74) is 0.711. The van der Waals surface area contributed by atoms with Crippen LogP contribution < -0.4 is 9.47 Å². The third kappa shape index (κ3) is 5.92. The fourth-order valence-electron chi connectivity index (χ4n) is 2.31. The van der Waals surface area contributed by atoms with Gasteiger partial charge in [-0.3, -0.25) is 0 Å². The number of hydrogen-bond donors (Lipinski definition) is 2. The molecule has 0 radical (unpaired) electrons. The van der Waals surface area contributed by atoms with Crippen molar-refractivity contribution in [3.8, 4) is 11.5 Å². The van der Waals surface area contributed by atoms with E-state index in [1.165, 1.54) is 4.90 Å². The first-order chi connectivity index (χ1) is 11.2. The molecule has 2 N–H and O–H groups in total. The van der Waals surface area contributed by atoms with Gasteiger partial charge in [0.05, 0.1) is 20.3 Å². The molecule has 1 aromatic carbocycles. The molecule has 0 aliphatic rings. The number of rotatable bonds is 8. The van der Waals surface area contributed by atoms with Gasteiger partial charge in [0.1, 0.15) is 0 Å². The van der Waals surface area contributed by atoms with Gasteiger partial charge in [-0.15, -0.1) is 0 Å². The van der Waals surface area contributed by atoms with E-state index in [9.17, 15) is 15.0 Å². The molecule has 1 rings (SSSR count). The predicted molar refractivity (Wildman–Crippen MR) is 92.9 cm³/mol. The molecule has 0 bridgehead atoms. The normalized spacial score (nSPS) is 12.6. The molecule has 24 heavy (non-hydrogen) atoms. The number of benzene rings is 1. The molecular formula is C18H29NO5. The molecule has 1 atom stereocenters. The second-order valence-electron chi connectivity index (χ2n) is 6.88. The molecule has 0 spiro atoms. The number of amides is 1. The molecule has 0 saturated carbocycles. The van der Waals surface area contributed by atoms with E-state index < -0.39 is 12.2 Å². The van der Waals surface area contributed by atoms with Crippen LogP contribution in [0.3, 0.4) is 0 Å². The van der Waals surface area contributed by atoms with E-state index in [-0.39, 0.29) is 5.41 Å². The topological polar surface area (TPSA) is 79.2 Å². The molecule has 0 aromatic heterocycles. The van der Waals surface area contributed by atoms with Crippen LogP contribution >= 0.6 is 0 Å². The molecule has 1 unspecified atom stereocenters. The van der Waals surface area contributed by atoms with Crippen molar-refractivity contribution < 1.29 is 24.5 Å². The predicted octanol–water partition coefficient (Wildman–Crippen LogP) is 3.02. The largest absolute Gasteiger partial charge is 0.493 e. The Balaban J connectivity index is 2.65. The second-order valence-corrected chi connectivity index (χ2v) is 6.88. The van der Waals surface area contributed by atoms with E-state index in [4.69, 9.17) is 9.47 Å². The average Bonchev–Trinajstić information content (AvgIpc) is 2.52. The Morgan fingerprint density at radius 1 is 1.17 bits per heavy atom. The Hall–Kier alpha value is -1.95. The highest BCUT2D eigenvalue weighted by Gasteiger charge is 2.23. The van der Waals surface area contributed by atoms with Crippen molar-refractivity contribution in [3.63, 3.8) is 0 Å². The van der Waals surface area contributed by atoms with Crippen LogP contribution in [0.2, 0.25) is 0 Å². The first kappa shape index (κ1) is 20.1. The monoisotopic (exact) mass is 339 g/mol. The smallest absolute Gasteiger partial charge is 0.407 e. The minimum absolute atomic E-state index is 0.256. The minimum Gasteiger partial charge on any atom is -0.493 e. The van der Waals surface area contributed by atoms with Crippen molar-refractivity contribution in [1.82, 2.24) is 4.90 Å². The van der Waals surface area contributed by atoms with Gasteiger partial charge >= 0.3 is 6.09 Å². The fourth-order valence-corrected chi connectivity index (χ4v) is 2.31. The van der Waals surface area contributed by atoms with Crippen LogP contribution in [0.1, 0.15) is 32.8 Å². The van der Waals surface area contributed by atoms with Crippen LogP contribution in [-0.2, 0) is 6.42 Å². The summed E-state index contributed by atoms with van der Waals surface area (Å²) in [5.74, 6) is 1.27. The van der Waals surface area contributed by atoms with Crippen molar-refractivity contribution in [2.75, 3.05) is 27.3 Å². The summed E-state index contributed by atoms with van der Waals surface area (Å²) >= 11 is 0. The Labute approximate surface area is 144 Å². The number of ether oxygens (including phenoxy) is 2. The Kier molecular flexibility index (Phi) is 7.35. The third-order valence-electron chi connectivity index (χ3n) is 4.06. The van der Waals surface area contributed by atoms with Gasteiger partial charge in [-0.05, 0) is 36.0 Å². The number of nitrogens with zero attached hydrogens (tertiary/aromatic N) is 1. The highest BCUT2D eigenvalue weighted by atomic mass is 16.5. The van der Waals surface area contributed by atoms with Gasteiger partial charge < -0.3 is 24.6 Å². The molecule has 0 fully saturated rings. The van der Waals surface area contributed by atoms with E-state index in [0.717, 1.165) is 5.56 Å². The van der Waals surface area contributed by atoms with Gasteiger partial charge in [-0.25, -0.2) is 4.79 Å². The van der Waals surface area contributed by atoms with Gasteiger partial charge in [-0.1, -0.05) is 26.8 Å². The summed E-state index contributed by atoms with van der Waals surface area (Å²) in [6, 6.07) is 5.55. The lowest BCUT2D eigenvalue weighted by Gasteiger charge is -2.28. The van der Waals surface area contributed by atoms with Crippen molar-refractivity contribution in [2.24, 2.45) is 5.41 Å². The minimum atomic E-state index is -0.975. The summed E-state index contributed by atoms with van der Waals surface area (Å²) in [5, 5.41) is 19.4. The molecule has 0 aliphatic heterocycles. The van der Waals surface area contributed by atoms with Crippen LogP contribution in [0, 0.1) is 5.41 Å². The second kappa shape index (κ2) is 8.78. The maximum absolute atomic E-state index is 11.4. The number of carbonyl (C=O) groups is 1. The summed E-state index contributed by atoms with van der Waals surface area (Å²) in [6.07, 6.45) is -0.531. The molecule has 6 nitrogen and oxygen atoms in total. The summed E-state index contributed by atoms with van der Waals surface area (Å²) in [7, 11) is 3.14. The lowest BCUT2D eigenvalue weighted by atomic mass is 9.87. The van der Waals surface area contributed by atoms with Crippen LogP contribution in [0.15, 0.2) is 18.2 Å². The van der Waals surface area contributed by atoms with Gasteiger partial charge in [0.25, 0.3) is 0 Å². The Bertz CT molecular complexity index is 539. The zero-order valence-electron chi connectivity index (χ0n) is 15.2. The fraction of sp³-hybridized carbons (Fsp3) is 0.611. The van der Waals surface area contributed by atoms with Gasteiger partial charge in [0, 0.05) is 13.1 Å². The van der Waals surface area contributed by atoms with Crippen molar-refractivity contribution in [1.29, 1.82) is 0 Å². The van der Waals surface area contributed by atoms with E-state index in [2.05, 4.69) is 0 Å². The zero-order chi connectivity index (χ0) is 18.3. The highest BCUT2D eigenvalue weighted by Crippen LogP contribution is 2.28. The average molecular weight is 339 g/mol. The van der Waals surface area contributed by atoms with Crippen LogP contribution in [-0.4, -0.2) is 54.6 Å². The maximum Gasteiger partial charge on any atom is 0.407 e. The van der Waals surface area contributed by atoms with E-state index in [1.807, 2.05) is 39.0 Å². The first-order valence-corrected chi connectivity index (χ1v) is 8.06. The van der Waals surface area contributed by atoms with E-state index in [1.54, 1.807) is 14.2 Å². The summed E-state index contributed by atoms with van der Waals surface area (Å²) in [4.78, 5) is 12.7. The van der Waals surface area contributed by atoms with Gasteiger partial charge in [-0.2, -0.15) is 0 Å². The summed E-state index contributed by atoms with van der Waals surface area (Å²) in [6.45, 7) is 6.48. The summed E-state index contributed by atoms with van der Waals surface area (Å²) < 4.78 is 10.5. The maximum atomic E-state index is 11.4. The number of aliphatic hydroxyl groups excluding tert-OH is 1. The number of hydrogen-bond acceptors (Lipinski definition) is 4. The zero-order valence-corrected chi connectivity index (χ0v) is 15.2. The number of methoxy groups -OCH3 is 2. The van der Waals surface area contributed by atoms with Crippen LogP contribution in [0.4, 0.5) is 4.79 Å². The quantitative estimate of drug-likeness (QED) is 0.761. The molecule has 136 valence electrons. The Morgan fingerprint density at radius 3 is 2.29 bits per heavy atom. The lowest BCUT2D eigenvalue weighted by molar-refractivity contribution is 0.0458. The first-order valence-electron chi connectivity index (χ1n) is 8.06. The van der Waals surface area contributed by atoms with E-state index >= 15 is 0 Å². The third-order valence-corrected chi connectivity index (χ3v) is 4.06. The number of carboxylic acid groups (broad SMARTS) is 1. The van der Waals surface area contributed by atoms with Crippen LogP contribution in [0.25, 0.3) is 0 Å². The molecule has 0 heterocycles. The van der Waals surface area contributed by atoms with Gasteiger partial charge in [0.2, 0.25) is 0 Å². The van der Waals surface area contributed by atoms with Crippen LogP contribution in [0.5, 0.6) is 11.5 Å². The van der Waals surface area contributed by atoms with Crippen molar-refractivity contribution in [2.45, 2.75) is 39.7 Å². The van der Waals surface area contributed by atoms with Crippen molar-refractivity contribution >= 4 is 6.09 Å². The SMILES string of the molecule is COc1ccc(CCN(CCC(O)C(C)(C)C)C(=O)O)cc1OC. The molecule has 0 saturated heterocycles. The van der Waals surface area contributed by atoms with Gasteiger partial charge in [0.15, 0.2) is 11.5 Å². The molecule has 1 amide bonds.